The molecule has 2 rings (SSSR count). The quantitative estimate of drug-likeness (QED) is 0.877. The number of sulfone groups is 1. The number of hydrogen-bond donors (Lipinski definition) is 1. The first-order valence-corrected chi connectivity index (χ1v) is 9.35. The molecule has 1 fully saturated rings. The van der Waals surface area contributed by atoms with E-state index in [1.165, 1.54) is 23.3 Å². The number of nitrogens with zero attached hydrogens (tertiary/aromatic N) is 1. The van der Waals surface area contributed by atoms with Crippen molar-refractivity contribution in [1.82, 2.24) is 10.2 Å². The second-order valence-electron chi connectivity index (χ2n) is 5.73. The van der Waals surface area contributed by atoms with Gasteiger partial charge in [-0.15, -0.1) is 0 Å². The van der Waals surface area contributed by atoms with Crippen LogP contribution in [0, 0.1) is 5.82 Å². The zero-order valence-corrected chi connectivity index (χ0v) is 14.0. The number of nitrogens with one attached hydrogen (secondary N) is 1. The number of carbonyl (C=O) groups excluding carboxylic acids is 1. The zero-order valence-electron chi connectivity index (χ0n) is 13.2. The number of para-hydroxylation sites is 1. The van der Waals surface area contributed by atoms with Gasteiger partial charge in [0.25, 0.3) is 0 Å². The molecule has 1 aliphatic heterocycles. The van der Waals surface area contributed by atoms with E-state index in [2.05, 4.69) is 5.32 Å². The predicted octanol–water partition coefficient (Wildman–Crippen LogP) is 1.42. The molecule has 0 saturated carbocycles. The summed E-state index contributed by atoms with van der Waals surface area (Å²) in [5, 5.41) is 2.18. The van der Waals surface area contributed by atoms with Crippen molar-refractivity contribution >= 4 is 15.9 Å². The number of ether oxygens (including phenoxy) is 1. The van der Waals surface area contributed by atoms with E-state index in [1.807, 2.05) is 0 Å². The van der Waals surface area contributed by atoms with E-state index >= 15 is 0 Å². The Morgan fingerprint density at radius 3 is 2.78 bits per heavy atom. The molecule has 1 saturated heterocycles. The van der Waals surface area contributed by atoms with Crippen LogP contribution in [-0.2, 0) is 9.84 Å². The summed E-state index contributed by atoms with van der Waals surface area (Å²) in [5.41, 5.74) is 0. The number of rotatable bonds is 5. The second kappa shape index (κ2) is 7.16. The molecule has 1 aromatic rings. The van der Waals surface area contributed by atoms with Gasteiger partial charge in [0.2, 0.25) is 0 Å². The number of likely N-dealkylation sites (tertiary alicyclic amines) is 1. The van der Waals surface area contributed by atoms with Gasteiger partial charge in [-0.3, -0.25) is 0 Å². The lowest BCUT2D eigenvalue weighted by molar-refractivity contribution is 0.186. The standard InChI is InChI=1S/C15H21FN2O4S/c1-11(22-14-6-4-3-5-13(14)16)9-17-15(19)18-8-7-12(10-18)23(2,20)21/h3-6,11-12H,7-10H2,1-2H3,(H,17,19)/t11-,12-/m1/s1. The molecule has 1 heterocycles. The van der Waals surface area contributed by atoms with E-state index in [1.54, 1.807) is 19.1 Å². The topological polar surface area (TPSA) is 75.7 Å². The smallest absolute Gasteiger partial charge is 0.317 e. The Hall–Kier alpha value is -1.83. The van der Waals surface area contributed by atoms with Crippen LogP contribution in [0.25, 0.3) is 0 Å². The van der Waals surface area contributed by atoms with Crippen LogP contribution in [0.4, 0.5) is 9.18 Å². The summed E-state index contributed by atoms with van der Waals surface area (Å²) in [6, 6.07) is 5.72. The maximum absolute atomic E-state index is 13.5. The third-order valence-electron chi connectivity index (χ3n) is 3.74. The molecule has 1 N–H and O–H groups in total. The molecule has 1 aliphatic rings. The van der Waals surface area contributed by atoms with Crippen molar-refractivity contribution < 1.29 is 22.3 Å². The minimum atomic E-state index is -3.13. The molecule has 1 aromatic carbocycles. The first-order chi connectivity index (χ1) is 10.8. The molecule has 0 aliphatic carbocycles. The van der Waals surface area contributed by atoms with Crippen molar-refractivity contribution in [2.75, 3.05) is 25.9 Å². The fourth-order valence-corrected chi connectivity index (χ4v) is 3.39. The van der Waals surface area contributed by atoms with Crippen molar-refractivity contribution in [3.05, 3.63) is 30.1 Å². The van der Waals surface area contributed by atoms with Crippen molar-refractivity contribution in [3.8, 4) is 5.75 Å². The lowest BCUT2D eigenvalue weighted by Gasteiger charge is -2.20. The second-order valence-corrected chi connectivity index (χ2v) is 8.06. The first kappa shape index (κ1) is 17.5. The Bertz CT molecular complexity index is 665. The van der Waals surface area contributed by atoms with Crippen molar-refractivity contribution in [2.24, 2.45) is 0 Å². The lowest BCUT2D eigenvalue weighted by Crippen LogP contribution is -2.43. The molecule has 8 heteroatoms. The van der Waals surface area contributed by atoms with E-state index in [-0.39, 0.29) is 24.9 Å². The molecule has 2 atom stereocenters. The van der Waals surface area contributed by atoms with E-state index in [4.69, 9.17) is 4.74 Å². The van der Waals surface area contributed by atoms with Crippen LogP contribution in [0.3, 0.4) is 0 Å². The Morgan fingerprint density at radius 2 is 2.17 bits per heavy atom. The molecular formula is C15H21FN2O4S. The molecule has 2 amide bonds. The molecule has 0 unspecified atom stereocenters. The minimum absolute atomic E-state index is 0.132. The predicted molar refractivity (Wildman–Crippen MR) is 84.7 cm³/mol. The Labute approximate surface area is 135 Å². The Balaban J connectivity index is 1.80. The summed E-state index contributed by atoms with van der Waals surface area (Å²) < 4.78 is 41.9. The van der Waals surface area contributed by atoms with Crippen LogP contribution in [0.15, 0.2) is 24.3 Å². The highest BCUT2D eigenvalue weighted by molar-refractivity contribution is 7.91. The summed E-state index contributed by atoms with van der Waals surface area (Å²) in [6.07, 6.45) is 1.22. The molecule has 23 heavy (non-hydrogen) atoms. The van der Waals surface area contributed by atoms with Gasteiger partial charge in [0.05, 0.1) is 11.8 Å². The largest absolute Gasteiger partial charge is 0.486 e. The highest BCUT2D eigenvalue weighted by atomic mass is 32.2. The van der Waals surface area contributed by atoms with Gasteiger partial charge in [-0.2, -0.15) is 0 Å². The average molecular weight is 344 g/mol. The summed E-state index contributed by atoms with van der Waals surface area (Å²) in [6.45, 7) is 2.53. The number of halogens is 1. The highest BCUT2D eigenvalue weighted by Gasteiger charge is 2.32. The Morgan fingerprint density at radius 1 is 1.48 bits per heavy atom. The number of amides is 2. The molecular weight excluding hydrogens is 323 g/mol. The number of carbonyl (C=O) groups is 1. The van der Waals surface area contributed by atoms with Crippen LogP contribution < -0.4 is 10.1 Å². The summed E-state index contributed by atoms with van der Waals surface area (Å²) in [4.78, 5) is 13.5. The highest BCUT2D eigenvalue weighted by Crippen LogP contribution is 2.17. The van der Waals surface area contributed by atoms with Crippen LogP contribution in [0.5, 0.6) is 5.75 Å². The average Bonchev–Trinajstić information content (AvgIpc) is 2.97. The molecule has 0 radical (unpaired) electrons. The van der Waals surface area contributed by atoms with Gasteiger partial charge < -0.3 is 15.0 Å². The van der Waals surface area contributed by atoms with E-state index in [0.29, 0.717) is 13.0 Å². The SMILES string of the molecule is C[C@H](CNC(=O)N1CC[C@@H](S(C)(=O)=O)C1)Oc1ccccc1F. The minimum Gasteiger partial charge on any atom is -0.486 e. The van der Waals surface area contributed by atoms with Crippen molar-refractivity contribution in [3.63, 3.8) is 0 Å². The number of benzene rings is 1. The van der Waals surface area contributed by atoms with Crippen molar-refractivity contribution in [1.29, 1.82) is 0 Å². The normalized spacial score (nSPS) is 19.4. The van der Waals surface area contributed by atoms with E-state index < -0.39 is 27.0 Å². The van der Waals surface area contributed by atoms with Gasteiger partial charge in [-0.25, -0.2) is 17.6 Å². The zero-order chi connectivity index (χ0) is 17.0. The molecule has 128 valence electrons. The molecule has 0 bridgehead atoms. The van der Waals surface area contributed by atoms with Crippen molar-refractivity contribution in [2.45, 2.75) is 24.7 Å². The van der Waals surface area contributed by atoms with E-state index in [0.717, 1.165) is 0 Å². The third kappa shape index (κ3) is 4.82. The summed E-state index contributed by atoms with van der Waals surface area (Å²) >= 11 is 0. The Kier molecular flexibility index (Phi) is 5.46. The van der Waals surface area contributed by atoms with Crippen LogP contribution in [0.2, 0.25) is 0 Å². The first-order valence-electron chi connectivity index (χ1n) is 7.40. The summed E-state index contributed by atoms with van der Waals surface area (Å²) in [5.74, 6) is -0.325. The van der Waals surface area contributed by atoms with Gasteiger partial charge >= 0.3 is 6.03 Å². The van der Waals surface area contributed by atoms with Gasteiger partial charge in [0.15, 0.2) is 21.4 Å². The van der Waals surface area contributed by atoms with Gasteiger partial charge in [-0.1, -0.05) is 12.1 Å². The summed E-state index contributed by atoms with van der Waals surface area (Å²) in [7, 11) is -3.13. The third-order valence-corrected chi connectivity index (χ3v) is 5.34. The number of hydrogen-bond acceptors (Lipinski definition) is 4. The van der Waals surface area contributed by atoms with E-state index in [9.17, 15) is 17.6 Å². The molecule has 0 spiro atoms. The van der Waals surface area contributed by atoms with Gasteiger partial charge in [0, 0.05) is 19.3 Å². The van der Waals surface area contributed by atoms with Gasteiger partial charge in [0.1, 0.15) is 6.10 Å². The monoisotopic (exact) mass is 344 g/mol. The van der Waals surface area contributed by atoms with Crippen LogP contribution >= 0.6 is 0 Å². The van der Waals surface area contributed by atoms with Crippen LogP contribution in [-0.4, -0.2) is 56.6 Å². The van der Waals surface area contributed by atoms with Crippen LogP contribution in [0.1, 0.15) is 13.3 Å². The fraction of sp³-hybridized carbons (Fsp3) is 0.533. The maximum atomic E-state index is 13.5. The van der Waals surface area contributed by atoms with Gasteiger partial charge in [-0.05, 0) is 25.5 Å². The maximum Gasteiger partial charge on any atom is 0.317 e. The molecule has 6 nitrogen and oxygen atoms in total. The molecule has 0 aromatic heterocycles. The fourth-order valence-electron chi connectivity index (χ4n) is 2.40. The lowest BCUT2D eigenvalue weighted by atomic mass is 10.3. The number of urea groups is 1.